The summed E-state index contributed by atoms with van der Waals surface area (Å²) in [5, 5.41) is 5.71. The lowest BCUT2D eigenvalue weighted by Gasteiger charge is -2.15. The Hall–Kier alpha value is -2.06. The first-order chi connectivity index (χ1) is 15.9. The summed E-state index contributed by atoms with van der Waals surface area (Å²) in [4.78, 5) is 40.1. The molecule has 0 bridgehead atoms. The summed E-state index contributed by atoms with van der Waals surface area (Å²) < 4.78 is 11.7. The van der Waals surface area contributed by atoms with Crippen molar-refractivity contribution in [2.45, 2.75) is 103 Å². The molecule has 2 aliphatic rings. The Labute approximate surface area is 200 Å². The maximum absolute atomic E-state index is 12.1. The van der Waals surface area contributed by atoms with Crippen molar-refractivity contribution in [3.8, 4) is 0 Å². The molecule has 8 heteroatoms. The Morgan fingerprint density at radius 1 is 1.21 bits per heavy atom. The molecule has 2 fully saturated rings. The molecule has 3 heterocycles. The number of aromatic nitrogens is 1. The first-order valence-corrected chi connectivity index (χ1v) is 13.1. The summed E-state index contributed by atoms with van der Waals surface area (Å²) >= 11 is 1.53. The molecule has 2 aliphatic heterocycles. The summed E-state index contributed by atoms with van der Waals surface area (Å²) in [6.07, 6.45) is 10.3. The zero-order valence-electron chi connectivity index (χ0n) is 19.8. The van der Waals surface area contributed by atoms with Gasteiger partial charge in [-0.25, -0.2) is 4.98 Å². The van der Waals surface area contributed by atoms with Crippen LogP contribution in [0.3, 0.4) is 0 Å². The summed E-state index contributed by atoms with van der Waals surface area (Å²) in [7, 11) is 0. The van der Waals surface area contributed by atoms with Gasteiger partial charge in [0.15, 0.2) is 0 Å². The van der Waals surface area contributed by atoms with Gasteiger partial charge >= 0.3 is 5.97 Å². The van der Waals surface area contributed by atoms with Gasteiger partial charge in [-0.15, -0.1) is 11.3 Å². The van der Waals surface area contributed by atoms with E-state index in [2.05, 4.69) is 17.2 Å². The number of nitrogens with one attached hydrogen (secondary N) is 1. The van der Waals surface area contributed by atoms with Crippen LogP contribution in [0.5, 0.6) is 0 Å². The Bertz CT molecular complexity index is 865. The molecular formula is C25H36N2O5S. The number of Topliss-reactive ketones (excluding diaryl/α,β-unsaturated/α-hetero) is 1. The van der Waals surface area contributed by atoms with Crippen LogP contribution >= 0.6 is 11.3 Å². The number of esters is 1. The second-order valence-electron chi connectivity index (χ2n) is 8.94. The van der Waals surface area contributed by atoms with Crippen molar-refractivity contribution in [3.05, 3.63) is 21.7 Å². The van der Waals surface area contributed by atoms with Crippen LogP contribution in [0.25, 0.3) is 6.08 Å². The van der Waals surface area contributed by atoms with Gasteiger partial charge < -0.3 is 14.8 Å². The van der Waals surface area contributed by atoms with Crippen molar-refractivity contribution in [1.29, 1.82) is 0 Å². The lowest BCUT2D eigenvalue weighted by molar-refractivity contribution is -0.144. The number of amides is 1. The highest BCUT2D eigenvalue weighted by Gasteiger charge is 2.56. The molecule has 3 rings (SSSR count). The van der Waals surface area contributed by atoms with Crippen molar-refractivity contribution in [2.75, 3.05) is 6.61 Å². The molecule has 0 spiro atoms. The highest BCUT2D eigenvalue weighted by atomic mass is 32.1. The summed E-state index contributed by atoms with van der Waals surface area (Å²) in [5.74, 6) is 0.0130. The fourth-order valence-electron chi connectivity index (χ4n) is 4.34. The molecule has 33 heavy (non-hydrogen) atoms. The number of epoxide rings is 1. The number of cyclic esters (lactones) is 1. The molecule has 2 saturated heterocycles. The third kappa shape index (κ3) is 7.74. The van der Waals surface area contributed by atoms with Crippen molar-refractivity contribution in [1.82, 2.24) is 10.3 Å². The molecule has 7 nitrogen and oxygen atoms in total. The molecule has 0 aliphatic carbocycles. The third-order valence-electron chi connectivity index (χ3n) is 6.42. The minimum Gasteiger partial charge on any atom is -0.466 e. The maximum Gasteiger partial charge on any atom is 0.305 e. The number of carbonyl (C=O) groups excluding carboxylic acids is 3. The van der Waals surface area contributed by atoms with Gasteiger partial charge in [-0.1, -0.05) is 26.2 Å². The second kappa shape index (κ2) is 12.4. The average Bonchev–Trinajstić information content (AvgIpc) is 3.32. The number of hydrogen-bond acceptors (Lipinski definition) is 7. The second-order valence-corrected chi connectivity index (χ2v) is 9.88. The van der Waals surface area contributed by atoms with Crippen molar-refractivity contribution in [2.24, 2.45) is 0 Å². The van der Waals surface area contributed by atoms with Crippen molar-refractivity contribution < 1.29 is 23.9 Å². The Morgan fingerprint density at radius 3 is 2.82 bits per heavy atom. The summed E-state index contributed by atoms with van der Waals surface area (Å²) in [5.41, 5.74) is 1.54. The Morgan fingerprint density at radius 2 is 2.00 bits per heavy atom. The van der Waals surface area contributed by atoms with E-state index in [0.29, 0.717) is 45.3 Å². The number of ether oxygens (including phenoxy) is 2. The average molecular weight is 477 g/mol. The van der Waals surface area contributed by atoms with Gasteiger partial charge in [-0.3, -0.25) is 14.4 Å². The van der Waals surface area contributed by atoms with E-state index in [1.165, 1.54) is 11.3 Å². The number of fused-ring (bicyclic) bond motifs is 1. The molecule has 1 amide bonds. The minimum atomic E-state index is -0.409. The number of rotatable bonds is 5. The number of ketones is 1. The SMILES string of the molecule is CCC(=O)NCc1nc(C=C(C)C23CCOC(=O)CCCC(=O)CCCCCCC2O3)cs1. The van der Waals surface area contributed by atoms with E-state index in [4.69, 9.17) is 9.47 Å². The van der Waals surface area contributed by atoms with Gasteiger partial charge in [0, 0.05) is 37.5 Å². The normalized spacial score (nSPS) is 25.8. The van der Waals surface area contributed by atoms with Crippen LogP contribution in [-0.4, -0.2) is 41.0 Å². The van der Waals surface area contributed by atoms with Gasteiger partial charge in [-0.05, 0) is 37.8 Å². The van der Waals surface area contributed by atoms with E-state index in [0.717, 1.165) is 48.4 Å². The molecule has 1 N–H and O–H groups in total. The van der Waals surface area contributed by atoms with Gasteiger partial charge in [0.05, 0.1) is 24.9 Å². The largest absolute Gasteiger partial charge is 0.466 e. The molecule has 1 aromatic rings. The fraction of sp³-hybridized carbons (Fsp3) is 0.680. The lowest BCUT2D eigenvalue weighted by atomic mass is 9.90. The topological polar surface area (TPSA) is 97.9 Å². The van der Waals surface area contributed by atoms with Crippen LogP contribution in [0.2, 0.25) is 0 Å². The summed E-state index contributed by atoms with van der Waals surface area (Å²) in [6.45, 7) is 4.63. The third-order valence-corrected chi connectivity index (χ3v) is 7.29. The van der Waals surface area contributed by atoms with Gasteiger partial charge in [0.1, 0.15) is 16.4 Å². The number of hydrogen-bond donors (Lipinski definition) is 1. The monoisotopic (exact) mass is 476 g/mol. The predicted octanol–water partition coefficient (Wildman–Crippen LogP) is 4.74. The Balaban J connectivity index is 1.63. The molecule has 0 aromatic carbocycles. The molecular weight excluding hydrogens is 440 g/mol. The zero-order chi connectivity index (χ0) is 23.7. The van der Waals surface area contributed by atoms with Crippen LogP contribution in [0, 0.1) is 0 Å². The van der Waals surface area contributed by atoms with Crippen molar-refractivity contribution >= 4 is 35.1 Å². The smallest absolute Gasteiger partial charge is 0.305 e. The molecule has 1 aromatic heterocycles. The van der Waals surface area contributed by atoms with Crippen molar-refractivity contribution in [3.63, 3.8) is 0 Å². The fourth-order valence-corrected chi connectivity index (χ4v) is 5.03. The molecule has 2 unspecified atom stereocenters. The van der Waals surface area contributed by atoms with E-state index in [1.807, 2.05) is 18.4 Å². The van der Waals surface area contributed by atoms with E-state index in [9.17, 15) is 14.4 Å². The lowest BCUT2D eigenvalue weighted by Crippen LogP contribution is -2.21. The summed E-state index contributed by atoms with van der Waals surface area (Å²) in [6, 6.07) is 0. The number of thiazole rings is 1. The molecule has 182 valence electrons. The highest BCUT2D eigenvalue weighted by Crippen LogP contribution is 2.49. The van der Waals surface area contributed by atoms with Crippen LogP contribution in [-0.2, 0) is 30.4 Å². The number of carbonyl (C=O) groups is 3. The van der Waals surface area contributed by atoms with Gasteiger partial charge in [0.25, 0.3) is 0 Å². The van der Waals surface area contributed by atoms with E-state index in [1.54, 1.807) is 0 Å². The quantitative estimate of drug-likeness (QED) is 0.487. The standard InChI is InChI=1S/C25H36N2O5S/c1-3-22(29)26-16-23-27-19(17-33-23)15-18(2)25-13-14-31-24(30)12-8-10-20(28)9-6-4-5-7-11-21(25)32-25/h15,17,21H,3-14,16H2,1-2H3,(H,26,29). The highest BCUT2D eigenvalue weighted by molar-refractivity contribution is 7.09. The van der Waals surface area contributed by atoms with Crippen LogP contribution in [0.15, 0.2) is 11.0 Å². The first-order valence-electron chi connectivity index (χ1n) is 12.2. The first kappa shape index (κ1) is 25.6. The minimum absolute atomic E-state index is 0.0128. The maximum atomic E-state index is 12.1. The molecule has 2 atom stereocenters. The van der Waals surface area contributed by atoms with Crippen LogP contribution in [0.4, 0.5) is 0 Å². The molecule has 0 radical (unpaired) electrons. The van der Waals surface area contributed by atoms with E-state index in [-0.39, 0.29) is 30.2 Å². The van der Waals surface area contributed by atoms with Gasteiger partial charge in [-0.2, -0.15) is 0 Å². The van der Waals surface area contributed by atoms with Crippen LogP contribution < -0.4 is 5.32 Å². The zero-order valence-corrected chi connectivity index (χ0v) is 20.6. The van der Waals surface area contributed by atoms with E-state index >= 15 is 0 Å². The Kier molecular flexibility index (Phi) is 9.62. The van der Waals surface area contributed by atoms with Crippen LogP contribution in [0.1, 0.15) is 95.2 Å². The molecule has 0 saturated carbocycles. The van der Waals surface area contributed by atoms with Gasteiger partial charge in [0.2, 0.25) is 5.91 Å². The number of nitrogens with zero attached hydrogens (tertiary/aromatic N) is 1. The van der Waals surface area contributed by atoms with E-state index < -0.39 is 5.60 Å². The predicted molar refractivity (Wildman–Crippen MR) is 128 cm³/mol.